The molecule has 8 heteroatoms. The molecule has 0 bridgehead atoms. The van der Waals surface area contributed by atoms with Gasteiger partial charge in [0.1, 0.15) is 12.2 Å². The third-order valence-corrected chi connectivity index (χ3v) is 1.55. The van der Waals surface area contributed by atoms with Gasteiger partial charge >= 0.3 is 17.9 Å². The second-order valence-electron chi connectivity index (χ2n) is 4.75. The lowest BCUT2D eigenvalue weighted by Gasteiger charge is -2.19. The molecule has 0 spiro atoms. The quantitative estimate of drug-likeness (QED) is 0.453. The van der Waals surface area contributed by atoms with Crippen molar-refractivity contribution in [3.63, 3.8) is 0 Å². The number of nitrogens with zero attached hydrogens (tertiary/aromatic N) is 1. The minimum Gasteiger partial charge on any atom is -0.460 e. The minimum atomic E-state index is -3.41. The van der Waals surface area contributed by atoms with E-state index in [1.807, 2.05) is 0 Å². The van der Waals surface area contributed by atoms with E-state index >= 15 is 0 Å². The summed E-state index contributed by atoms with van der Waals surface area (Å²) in [6.45, 7) is 3.88. The number of aliphatic imine (C=N–C) groups is 1. The van der Waals surface area contributed by atoms with Crippen LogP contribution in [0.3, 0.4) is 0 Å². The van der Waals surface area contributed by atoms with Crippen LogP contribution in [0.25, 0.3) is 0 Å². The molecule has 0 rings (SSSR count). The van der Waals surface area contributed by atoms with Crippen molar-refractivity contribution in [1.82, 2.24) is 0 Å². The van der Waals surface area contributed by atoms with Gasteiger partial charge in [-0.3, -0.25) is 4.79 Å². The summed E-state index contributed by atoms with van der Waals surface area (Å²) in [7, 11) is 0. The van der Waals surface area contributed by atoms with Crippen LogP contribution in [0, 0.1) is 0 Å². The summed E-state index contributed by atoms with van der Waals surface area (Å²) >= 11 is 0. The number of carbonyl (C=O) groups excluding carboxylic acids is 2. The molecule has 0 aromatic rings. The Morgan fingerprint density at radius 1 is 1.32 bits per heavy atom. The fourth-order valence-corrected chi connectivity index (χ4v) is 0.952. The SMILES string of the molecule is CC(C)(C)OC(=O)CCOCC(F)(F)/C=N/C(N)=O. The van der Waals surface area contributed by atoms with Crippen molar-refractivity contribution in [3.8, 4) is 0 Å². The number of ether oxygens (including phenoxy) is 2. The van der Waals surface area contributed by atoms with Gasteiger partial charge in [-0.15, -0.1) is 0 Å². The lowest BCUT2D eigenvalue weighted by molar-refractivity contribution is -0.156. The first-order valence-electron chi connectivity index (χ1n) is 5.54. The van der Waals surface area contributed by atoms with Crippen LogP contribution in [-0.4, -0.2) is 43.0 Å². The average Bonchev–Trinajstić information content (AvgIpc) is 2.19. The highest BCUT2D eigenvalue weighted by Crippen LogP contribution is 2.12. The van der Waals surface area contributed by atoms with Crippen LogP contribution in [0.5, 0.6) is 0 Å². The normalized spacial score (nSPS) is 12.7. The van der Waals surface area contributed by atoms with E-state index in [0.717, 1.165) is 0 Å². The molecule has 0 unspecified atom stereocenters. The zero-order valence-electron chi connectivity index (χ0n) is 11.1. The fraction of sp³-hybridized carbons (Fsp3) is 0.727. The Morgan fingerprint density at radius 3 is 2.37 bits per heavy atom. The second kappa shape index (κ2) is 7.13. The van der Waals surface area contributed by atoms with Gasteiger partial charge in [0.25, 0.3) is 0 Å². The smallest absolute Gasteiger partial charge is 0.338 e. The van der Waals surface area contributed by atoms with Gasteiger partial charge in [0, 0.05) is 0 Å². The highest BCUT2D eigenvalue weighted by Gasteiger charge is 2.27. The highest BCUT2D eigenvalue weighted by atomic mass is 19.3. The molecule has 0 aromatic carbocycles. The van der Waals surface area contributed by atoms with Crippen molar-refractivity contribution in [2.75, 3.05) is 13.2 Å². The molecular weight excluding hydrogens is 262 g/mol. The topological polar surface area (TPSA) is 91.0 Å². The first-order valence-corrected chi connectivity index (χ1v) is 5.54. The van der Waals surface area contributed by atoms with Gasteiger partial charge in [-0.25, -0.2) is 9.79 Å². The number of hydrogen-bond acceptors (Lipinski definition) is 4. The Hall–Kier alpha value is -1.57. The Balaban J connectivity index is 3.91. The summed E-state index contributed by atoms with van der Waals surface area (Å²) in [5.41, 5.74) is 3.95. The van der Waals surface area contributed by atoms with Crippen LogP contribution in [0.2, 0.25) is 0 Å². The van der Waals surface area contributed by atoms with Crippen LogP contribution in [0.15, 0.2) is 4.99 Å². The van der Waals surface area contributed by atoms with Gasteiger partial charge in [0.05, 0.1) is 19.2 Å². The van der Waals surface area contributed by atoms with E-state index in [9.17, 15) is 18.4 Å². The summed E-state index contributed by atoms with van der Waals surface area (Å²) < 4.78 is 35.5. The Morgan fingerprint density at radius 2 is 1.89 bits per heavy atom. The maximum Gasteiger partial charge on any atom is 0.338 e. The predicted molar refractivity (Wildman–Crippen MR) is 64.3 cm³/mol. The Kier molecular flexibility index (Phi) is 6.54. The summed E-state index contributed by atoms with van der Waals surface area (Å²) in [6.07, 6.45) is -0.0247. The first-order chi connectivity index (χ1) is 8.52. The second-order valence-corrected chi connectivity index (χ2v) is 4.75. The number of alkyl halides is 2. The number of esters is 1. The number of rotatable bonds is 6. The zero-order valence-corrected chi connectivity index (χ0v) is 11.1. The summed E-state index contributed by atoms with van der Waals surface area (Å²) in [6, 6.07) is -1.21. The summed E-state index contributed by atoms with van der Waals surface area (Å²) in [4.78, 5) is 24.2. The third kappa shape index (κ3) is 11.3. The number of carbonyl (C=O) groups is 2. The molecule has 0 fully saturated rings. The lowest BCUT2D eigenvalue weighted by Crippen LogP contribution is -2.28. The van der Waals surface area contributed by atoms with Crippen LogP contribution < -0.4 is 5.73 Å². The van der Waals surface area contributed by atoms with Crippen LogP contribution >= 0.6 is 0 Å². The van der Waals surface area contributed by atoms with E-state index in [-0.39, 0.29) is 19.2 Å². The molecule has 2 amide bonds. The van der Waals surface area contributed by atoms with Crippen LogP contribution in [-0.2, 0) is 14.3 Å². The molecule has 6 nitrogen and oxygen atoms in total. The molecule has 0 radical (unpaired) electrons. The molecule has 2 N–H and O–H groups in total. The van der Waals surface area contributed by atoms with Crippen LogP contribution in [0.1, 0.15) is 27.2 Å². The standard InChI is InChI=1S/C11H18F2N2O4/c1-10(2,3)19-8(16)4-5-18-7-11(12,13)6-15-9(14)17/h6H,4-5,7H2,1-3H3,(H2,14,17)/b15-6+. The van der Waals surface area contributed by atoms with Crippen LogP contribution in [0.4, 0.5) is 13.6 Å². The summed E-state index contributed by atoms with van der Waals surface area (Å²) in [5, 5.41) is 0. The average molecular weight is 280 g/mol. The Bertz CT molecular complexity index is 351. The van der Waals surface area contributed by atoms with E-state index in [1.54, 1.807) is 20.8 Å². The maximum atomic E-state index is 13.0. The third-order valence-electron chi connectivity index (χ3n) is 1.55. The van der Waals surface area contributed by atoms with E-state index < -0.39 is 30.1 Å². The highest BCUT2D eigenvalue weighted by molar-refractivity contribution is 5.84. The van der Waals surface area contributed by atoms with Crippen molar-refractivity contribution in [1.29, 1.82) is 0 Å². The van der Waals surface area contributed by atoms with Crippen molar-refractivity contribution in [3.05, 3.63) is 0 Å². The number of amides is 2. The van der Waals surface area contributed by atoms with Gasteiger partial charge in [-0.2, -0.15) is 8.78 Å². The Labute approximate surface area is 110 Å². The zero-order chi connectivity index (χ0) is 15.1. The summed E-state index contributed by atoms with van der Waals surface area (Å²) in [5.74, 6) is -3.95. The molecule has 0 aliphatic heterocycles. The van der Waals surface area contributed by atoms with Crippen molar-refractivity contribution >= 4 is 18.2 Å². The van der Waals surface area contributed by atoms with E-state index in [0.29, 0.717) is 0 Å². The van der Waals surface area contributed by atoms with Crippen molar-refractivity contribution in [2.24, 2.45) is 10.7 Å². The number of primary amides is 1. The van der Waals surface area contributed by atoms with Crippen molar-refractivity contribution < 1.29 is 27.8 Å². The molecule has 0 saturated carbocycles. The molecule has 110 valence electrons. The molecule has 0 aliphatic rings. The maximum absolute atomic E-state index is 13.0. The fourth-order valence-electron chi connectivity index (χ4n) is 0.952. The molecule has 0 aliphatic carbocycles. The molecule has 0 saturated heterocycles. The van der Waals surface area contributed by atoms with E-state index in [2.05, 4.69) is 15.5 Å². The molecule has 0 aromatic heterocycles. The van der Waals surface area contributed by atoms with E-state index in [4.69, 9.17) is 4.74 Å². The molecule has 19 heavy (non-hydrogen) atoms. The number of urea groups is 1. The molecule has 0 heterocycles. The lowest BCUT2D eigenvalue weighted by atomic mass is 10.2. The number of nitrogens with two attached hydrogens (primary N) is 1. The van der Waals surface area contributed by atoms with E-state index in [1.165, 1.54) is 0 Å². The minimum absolute atomic E-state index is 0.114. The monoisotopic (exact) mass is 280 g/mol. The molecular formula is C11H18F2N2O4. The first kappa shape index (κ1) is 17.4. The van der Waals surface area contributed by atoms with Gasteiger partial charge in [0.15, 0.2) is 0 Å². The van der Waals surface area contributed by atoms with Gasteiger partial charge in [-0.05, 0) is 20.8 Å². The predicted octanol–water partition coefficient (Wildman–Crippen LogP) is 1.52. The van der Waals surface area contributed by atoms with Gasteiger partial charge in [0.2, 0.25) is 0 Å². The largest absolute Gasteiger partial charge is 0.460 e. The van der Waals surface area contributed by atoms with Gasteiger partial charge in [-0.1, -0.05) is 0 Å². The van der Waals surface area contributed by atoms with Crippen molar-refractivity contribution in [2.45, 2.75) is 38.7 Å². The number of halogens is 2. The molecule has 0 atom stereocenters. The van der Waals surface area contributed by atoms with Gasteiger partial charge < -0.3 is 15.2 Å². The number of hydrogen-bond donors (Lipinski definition) is 1.